The number of anilines is 2. The van der Waals surface area contributed by atoms with E-state index in [2.05, 4.69) is 10.6 Å². The number of benzene rings is 2. The number of hydrogen-bond donors (Lipinski definition) is 2. The monoisotopic (exact) mass is 394 g/mol. The molecule has 9 heteroatoms. The number of nitrogens with one attached hydrogen (secondary N) is 2. The fourth-order valence-corrected chi connectivity index (χ4v) is 3.27. The minimum atomic E-state index is -3.80. The molecule has 0 bridgehead atoms. The van der Waals surface area contributed by atoms with Gasteiger partial charge in [0.15, 0.2) is 9.84 Å². The van der Waals surface area contributed by atoms with Crippen LogP contribution in [0, 0.1) is 5.82 Å². The Hall–Kier alpha value is -2.94. The van der Waals surface area contributed by atoms with E-state index in [1.165, 1.54) is 36.4 Å². The Morgan fingerprint density at radius 3 is 2.37 bits per heavy atom. The Morgan fingerprint density at radius 1 is 1.11 bits per heavy atom. The highest BCUT2D eigenvalue weighted by molar-refractivity contribution is 7.90. The van der Waals surface area contributed by atoms with Crippen LogP contribution in [0.5, 0.6) is 0 Å². The Bertz CT molecular complexity index is 943. The molecule has 144 valence electrons. The molecule has 0 aliphatic rings. The maximum Gasteiger partial charge on any atom is 0.338 e. The third-order valence-electron chi connectivity index (χ3n) is 3.46. The summed E-state index contributed by atoms with van der Waals surface area (Å²) in [6, 6.07) is 9.85. The largest absolute Gasteiger partial charge is 0.462 e. The van der Waals surface area contributed by atoms with Crippen LogP contribution in [0.2, 0.25) is 0 Å². The van der Waals surface area contributed by atoms with Crippen LogP contribution >= 0.6 is 0 Å². The van der Waals surface area contributed by atoms with Crippen molar-refractivity contribution in [1.29, 1.82) is 0 Å². The lowest BCUT2D eigenvalue weighted by atomic mass is 10.2. The fraction of sp³-hybridized carbons (Fsp3) is 0.222. The lowest BCUT2D eigenvalue weighted by molar-refractivity contribution is -0.114. The van der Waals surface area contributed by atoms with Gasteiger partial charge in [0.25, 0.3) is 0 Å². The molecule has 2 rings (SSSR count). The maximum atomic E-state index is 13.8. The van der Waals surface area contributed by atoms with E-state index in [1.54, 1.807) is 6.92 Å². The molecule has 0 aliphatic heterocycles. The summed E-state index contributed by atoms with van der Waals surface area (Å²) in [7, 11) is -3.80. The van der Waals surface area contributed by atoms with Crippen LogP contribution in [0.15, 0.2) is 47.4 Å². The normalized spacial score (nSPS) is 10.9. The standard InChI is InChI=1S/C18H19FN2O5S/c1-3-26-18(23)12-7-9-13(10-8-12)21-16(22)11-20-15-6-4-5-14(19)17(15)27(2,24)25/h4-10,20H,3,11H2,1-2H3,(H,21,22). The van der Waals surface area contributed by atoms with Crippen LogP contribution < -0.4 is 10.6 Å². The summed E-state index contributed by atoms with van der Waals surface area (Å²) < 4.78 is 42.1. The average molecular weight is 394 g/mol. The second-order valence-corrected chi connectivity index (χ2v) is 7.54. The van der Waals surface area contributed by atoms with Gasteiger partial charge < -0.3 is 15.4 Å². The lowest BCUT2D eigenvalue weighted by Gasteiger charge is -2.12. The molecule has 2 aromatic rings. The van der Waals surface area contributed by atoms with Gasteiger partial charge in [-0.25, -0.2) is 17.6 Å². The molecule has 0 spiro atoms. The summed E-state index contributed by atoms with van der Waals surface area (Å²) in [5.41, 5.74) is 0.799. The Labute approximate surface area is 156 Å². The van der Waals surface area contributed by atoms with Gasteiger partial charge >= 0.3 is 5.97 Å². The molecule has 0 fully saturated rings. The number of sulfone groups is 1. The number of esters is 1. The van der Waals surface area contributed by atoms with Gasteiger partial charge in [-0.05, 0) is 43.3 Å². The highest BCUT2D eigenvalue weighted by atomic mass is 32.2. The quantitative estimate of drug-likeness (QED) is 0.700. The van der Waals surface area contributed by atoms with Crippen molar-refractivity contribution in [2.45, 2.75) is 11.8 Å². The van der Waals surface area contributed by atoms with Gasteiger partial charge in [-0.1, -0.05) is 6.07 Å². The van der Waals surface area contributed by atoms with Crippen molar-refractivity contribution >= 4 is 33.1 Å². The van der Waals surface area contributed by atoms with Gasteiger partial charge in [-0.3, -0.25) is 4.79 Å². The number of hydrogen-bond acceptors (Lipinski definition) is 6. The van der Waals surface area contributed by atoms with E-state index in [0.717, 1.165) is 12.3 Å². The summed E-state index contributed by atoms with van der Waals surface area (Å²) >= 11 is 0. The van der Waals surface area contributed by atoms with Crippen LogP contribution in [0.25, 0.3) is 0 Å². The molecular weight excluding hydrogens is 375 g/mol. The molecule has 27 heavy (non-hydrogen) atoms. The lowest BCUT2D eigenvalue weighted by Crippen LogP contribution is -2.22. The van der Waals surface area contributed by atoms with Crippen molar-refractivity contribution in [3.05, 3.63) is 53.8 Å². The Morgan fingerprint density at radius 2 is 1.78 bits per heavy atom. The summed E-state index contributed by atoms with van der Waals surface area (Å²) in [5.74, 6) is -1.82. The van der Waals surface area contributed by atoms with Crippen LogP contribution in [-0.4, -0.2) is 39.7 Å². The zero-order chi connectivity index (χ0) is 20.0. The van der Waals surface area contributed by atoms with E-state index < -0.39 is 32.4 Å². The number of carbonyl (C=O) groups excluding carboxylic acids is 2. The van der Waals surface area contributed by atoms with E-state index >= 15 is 0 Å². The van der Waals surface area contributed by atoms with Crippen molar-refractivity contribution < 1.29 is 27.1 Å². The molecule has 0 atom stereocenters. The van der Waals surface area contributed by atoms with E-state index in [4.69, 9.17) is 4.74 Å². The van der Waals surface area contributed by atoms with Gasteiger partial charge in [-0.15, -0.1) is 0 Å². The number of carbonyl (C=O) groups is 2. The smallest absolute Gasteiger partial charge is 0.338 e. The zero-order valence-electron chi connectivity index (χ0n) is 14.8. The minimum Gasteiger partial charge on any atom is -0.462 e. The molecule has 0 aromatic heterocycles. The third-order valence-corrected chi connectivity index (χ3v) is 4.61. The first-order valence-electron chi connectivity index (χ1n) is 8.02. The molecule has 2 N–H and O–H groups in total. The first-order chi connectivity index (χ1) is 12.7. The van der Waals surface area contributed by atoms with Crippen molar-refractivity contribution in [1.82, 2.24) is 0 Å². The predicted molar refractivity (Wildman–Crippen MR) is 99.0 cm³/mol. The van der Waals surface area contributed by atoms with Gasteiger partial charge in [0.2, 0.25) is 5.91 Å². The summed E-state index contributed by atoms with van der Waals surface area (Å²) in [6.45, 7) is 1.69. The number of rotatable bonds is 7. The summed E-state index contributed by atoms with van der Waals surface area (Å²) in [6.07, 6.45) is 0.891. The number of halogens is 1. The fourth-order valence-electron chi connectivity index (χ4n) is 2.31. The SMILES string of the molecule is CCOC(=O)c1ccc(NC(=O)CNc2cccc(F)c2S(C)(=O)=O)cc1. The summed E-state index contributed by atoms with van der Waals surface area (Å²) in [4.78, 5) is 23.1. The van der Waals surface area contributed by atoms with Crippen molar-refractivity contribution in [3.63, 3.8) is 0 Å². The molecule has 1 amide bonds. The van der Waals surface area contributed by atoms with Gasteiger partial charge in [0.1, 0.15) is 10.7 Å². The van der Waals surface area contributed by atoms with Crippen LogP contribution in [0.1, 0.15) is 17.3 Å². The van der Waals surface area contributed by atoms with Crippen LogP contribution in [0.4, 0.5) is 15.8 Å². The van der Waals surface area contributed by atoms with Gasteiger partial charge in [-0.2, -0.15) is 0 Å². The van der Waals surface area contributed by atoms with Gasteiger partial charge in [0.05, 0.1) is 24.4 Å². The van der Waals surface area contributed by atoms with Crippen LogP contribution in [-0.2, 0) is 19.4 Å². The molecule has 0 aliphatic carbocycles. The molecular formula is C18H19FN2O5S. The number of ether oxygens (including phenoxy) is 1. The molecule has 0 saturated heterocycles. The molecule has 7 nitrogen and oxygen atoms in total. The van der Waals surface area contributed by atoms with E-state index in [0.29, 0.717) is 11.3 Å². The first kappa shape index (κ1) is 20.4. The Kier molecular flexibility index (Phi) is 6.51. The second kappa shape index (κ2) is 8.63. The predicted octanol–water partition coefficient (Wildman–Crippen LogP) is 2.46. The second-order valence-electron chi connectivity index (χ2n) is 5.59. The first-order valence-corrected chi connectivity index (χ1v) is 9.91. The minimum absolute atomic E-state index is 0.00492. The van der Waals surface area contributed by atoms with Crippen molar-refractivity contribution in [2.24, 2.45) is 0 Å². The third kappa shape index (κ3) is 5.52. The average Bonchev–Trinajstić information content (AvgIpc) is 2.59. The molecule has 2 aromatic carbocycles. The summed E-state index contributed by atoms with van der Waals surface area (Å²) in [5, 5.41) is 5.21. The molecule has 0 unspecified atom stereocenters. The molecule has 0 saturated carbocycles. The van der Waals surface area contributed by atoms with E-state index in [-0.39, 0.29) is 18.8 Å². The highest BCUT2D eigenvalue weighted by Crippen LogP contribution is 2.24. The number of amides is 1. The molecule has 0 radical (unpaired) electrons. The topological polar surface area (TPSA) is 102 Å². The molecule has 0 heterocycles. The van der Waals surface area contributed by atoms with E-state index in [1.807, 2.05) is 0 Å². The van der Waals surface area contributed by atoms with Crippen LogP contribution in [0.3, 0.4) is 0 Å². The zero-order valence-corrected chi connectivity index (χ0v) is 15.6. The van der Waals surface area contributed by atoms with Gasteiger partial charge in [0, 0.05) is 11.9 Å². The van der Waals surface area contributed by atoms with Crippen molar-refractivity contribution in [3.8, 4) is 0 Å². The Balaban J connectivity index is 2.02. The van der Waals surface area contributed by atoms with Crippen molar-refractivity contribution in [2.75, 3.05) is 30.0 Å². The highest BCUT2D eigenvalue weighted by Gasteiger charge is 2.19. The van der Waals surface area contributed by atoms with E-state index in [9.17, 15) is 22.4 Å². The maximum absolute atomic E-state index is 13.8.